The maximum Gasteiger partial charge on any atom is 0.0849 e. The van der Waals surface area contributed by atoms with E-state index in [-0.39, 0.29) is 0 Å². The van der Waals surface area contributed by atoms with Crippen molar-refractivity contribution < 1.29 is 0 Å². The normalized spacial score (nSPS) is 10.1. The van der Waals surface area contributed by atoms with Crippen LogP contribution in [0.4, 0.5) is 5.69 Å². The summed E-state index contributed by atoms with van der Waals surface area (Å²) in [6.45, 7) is 0. The van der Waals surface area contributed by atoms with Crippen LogP contribution in [0.3, 0.4) is 0 Å². The van der Waals surface area contributed by atoms with Gasteiger partial charge in [0.05, 0.1) is 5.69 Å². The van der Waals surface area contributed by atoms with Gasteiger partial charge in [-0.15, -0.1) is 0 Å². The van der Waals surface area contributed by atoms with Crippen LogP contribution in [0.15, 0.2) is 42.5 Å². The van der Waals surface area contributed by atoms with Gasteiger partial charge in [0, 0.05) is 5.39 Å². The first-order valence-electron chi connectivity index (χ1n) is 3.80. The molecule has 0 aliphatic rings. The number of nitrogens with two attached hydrogens (primary N) is 1. The molecule has 0 heterocycles. The van der Waals surface area contributed by atoms with Gasteiger partial charge in [-0.05, 0) is 11.5 Å². The molecule has 2 rings (SSSR count). The maximum atomic E-state index is 5.24. The van der Waals surface area contributed by atoms with E-state index in [1.54, 1.807) is 0 Å². The van der Waals surface area contributed by atoms with E-state index in [0.717, 1.165) is 11.1 Å². The molecular weight excluding hydrogens is 148 g/mol. The first kappa shape index (κ1) is 7.13. The molecule has 0 unspecified atom stereocenters. The average Bonchev–Trinajstić information content (AvgIpc) is 2.17. The molecule has 0 bridgehead atoms. The van der Waals surface area contributed by atoms with Gasteiger partial charge in [0.15, 0.2) is 0 Å². The largest absolute Gasteiger partial charge is 0.227 e. The van der Waals surface area contributed by atoms with Gasteiger partial charge in [-0.2, -0.15) is 0 Å². The summed E-state index contributed by atoms with van der Waals surface area (Å²) in [6, 6.07) is 13.9. The lowest BCUT2D eigenvalue weighted by Gasteiger charge is -2.01. The van der Waals surface area contributed by atoms with E-state index in [1.807, 2.05) is 42.5 Å². The van der Waals surface area contributed by atoms with Crippen molar-refractivity contribution in [1.82, 2.24) is 5.43 Å². The van der Waals surface area contributed by atoms with Crippen molar-refractivity contribution in [2.45, 2.75) is 0 Å². The number of fused-ring (bicyclic) bond motifs is 1. The second kappa shape index (κ2) is 2.83. The lowest BCUT2D eigenvalue weighted by atomic mass is 10.1. The number of benzene rings is 2. The molecule has 0 spiro atoms. The smallest absolute Gasteiger partial charge is 0.0849 e. The van der Waals surface area contributed by atoms with E-state index in [2.05, 4.69) is 5.43 Å². The molecule has 1 radical (unpaired) electrons. The number of hydrogen-bond donors (Lipinski definition) is 1. The Morgan fingerprint density at radius 3 is 2.50 bits per heavy atom. The Hall–Kier alpha value is -1.54. The predicted molar refractivity (Wildman–Crippen MR) is 49.9 cm³/mol. The summed E-state index contributed by atoms with van der Waals surface area (Å²) in [5.74, 6) is 5.24. The molecule has 0 aliphatic carbocycles. The van der Waals surface area contributed by atoms with Crippen LogP contribution in [0, 0.1) is 0 Å². The highest BCUT2D eigenvalue weighted by Crippen LogP contribution is 2.21. The van der Waals surface area contributed by atoms with Gasteiger partial charge in [0.25, 0.3) is 0 Å². The highest BCUT2D eigenvalue weighted by atomic mass is 15.2. The van der Waals surface area contributed by atoms with Crippen LogP contribution in [0.25, 0.3) is 10.8 Å². The molecule has 2 aromatic rings. The third-order valence-electron chi connectivity index (χ3n) is 1.91. The number of rotatable bonds is 1. The molecule has 0 saturated carbocycles. The molecule has 2 aromatic carbocycles. The molecule has 0 atom stereocenters. The fourth-order valence-corrected chi connectivity index (χ4v) is 1.32. The summed E-state index contributed by atoms with van der Waals surface area (Å²) in [6.07, 6.45) is 0. The average molecular weight is 157 g/mol. The molecule has 2 N–H and O–H groups in total. The van der Waals surface area contributed by atoms with E-state index in [4.69, 9.17) is 5.84 Å². The van der Waals surface area contributed by atoms with Crippen molar-refractivity contribution >= 4 is 16.5 Å². The van der Waals surface area contributed by atoms with E-state index < -0.39 is 0 Å². The monoisotopic (exact) mass is 157 g/mol. The lowest BCUT2D eigenvalue weighted by Crippen LogP contribution is -2.05. The summed E-state index contributed by atoms with van der Waals surface area (Å²) in [7, 11) is 0. The second-order valence-corrected chi connectivity index (χ2v) is 2.63. The molecule has 0 aliphatic heterocycles. The van der Waals surface area contributed by atoms with Gasteiger partial charge in [-0.3, -0.25) is 0 Å². The zero-order valence-electron chi connectivity index (χ0n) is 6.57. The highest BCUT2D eigenvalue weighted by molar-refractivity contribution is 5.91. The van der Waals surface area contributed by atoms with Crippen molar-refractivity contribution in [3.05, 3.63) is 42.5 Å². The first-order chi connectivity index (χ1) is 5.92. The molecule has 2 nitrogen and oxygen atoms in total. The molecule has 2 heteroatoms. The topological polar surface area (TPSA) is 40.1 Å². The van der Waals surface area contributed by atoms with E-state index >= 15 is 0 Å². The van der Waals surface area contributed by atoms with Gasteiger partial charge in [0.2, 0.25) is 0 Å². The molecule has 0 fully saturated rings. The second-order valence-electron chi connectivity index (χ2n) is 2.63. The quantitative estimate of drug-likeness (QED) is 0.498. The summed E-state index contributed by atoms with van der Waals surface area (Å²) in [5, 5.41) is 2.27. The first-order valence-corrected chi connectivity index (χ1v) is 3.80. The Morgan fingerprint density at radius 2 is 1.67 bits per heavy atom. The summed E-state index contributed by atoms with van der Waals surface area (Å²) in [4.78, 5) is 0. The van der Waals surface area contributed by atoms with Gasteiger partial charge in [-0.1, -0.05) is 36.4 Å². The summed E-state index contributed by atoms with van der Waals surface area (Å²) < 4.78 is 0. The predicted octanol–water partition coefficient (Wildman–Crippen LogP) is 1.95. The van der Waals surface area contributed by atoms with Crippen LogP contribution >= 0.6 is 0 Å². The van der Waals surface area contributed by atoms with Crippen molar-refractivity contribution in [2.24, 2.45) is 5.84 Å². The van der Waals surface area contributed by atoms with Crippen molar-refractivity contribution in [3.63, 3.8) is 0 Å². The summed E-state index contributed by atoms with van der Waals surface area (Å²) >= 11 is 0. The Morgan fingerprint density at radius 1 is 0.917 bits per heavy atom. The Bertz CT molecular complexity index is 390. The molecule has 59 valence electrons. The minimum absolute atomic E-state index is 0.841. The van der Waals surface area contributed by atoms with E-state index in [1.165, 1.54) is 5.39 Å². The van der Waals surface area contributed by atoms with E-state index in [9.17, 15) is 0 Å². The van der Waals surface area contributed by atoms with Gasteiger partial charge >= 0.3 is 0 Å². The van der Waals surface area contributed by atoms with Crippen molar-refractivity contribution in [3.8, 4) is 0 Å². The lowest BCUT2D eigenvalue weighted by molar-refractivity contribution is 0.967. The van der Waals surface area contributed by atoms with Gasteiger partial charge in [0.1, 0.15) is 0 Å². The van der Waals surface area contributed by atoms with Crippen molar-refractivity contribution in [2.75, 3.05) is 0 Å². The fourth-order valence-electron chi connectivity index (χ4n) is 1.32. The highest BCUT2D eigenvalue weighted by Gasteiger charge is 1.97. The molecule has 0 aromatic heterocycles. The molecule has 0 saturated heterocycles. The van der Waals surface area contributed by atoms with Crippen LogP contribution in [-0.2, 0) is 0 Å². The van der Waals surface area contributed by atoms with Crippen LogP contribution in [0.1, 0.15) is 0 Å². The van der Waals surface area contributed by atoms with Crippen LogP contribution in [0.2, 0.25) is 0 Å². The zero-order valence-corrected chi connectivity index (χ0v) is 6.57. The zero-order chi connectivity index (χ0) is 8.39. The van der Waals surface area contributed by atoms with E-state index in [0.29, 0.717) is 0 Å². The Labute approximate surface area is 71.0 Å². The number of hydrogen-bond acceptors (Lipinski definition) is 1. The third kappa shape index (κ3) is 1.02. The van der Waals surface area contributed by atoms with Crippen LogP contribution in [0.5, 0.6) is 0 Å². The van der Waals surface area contributed by atoms with Gasteiger partial charge < -0.3 is 0 Å². The van der Waals surface area contributed by atoms with Gasteiger partial charge in [-0.25, -0.2) is 11.3 Å². The number of nitrogens with zero attached hydrogens (tertiary/aromatic N) is 1. The molecule has 0 amide bonds. The Balaban J connectivity index is 2.79. The maximum absolute atomic E-state index is 5.24. The SMILES string of the molecule is N[N]c1cccc2ccccc12. The Kier molecular flexibility index (Phi) is 1.68. The molecule has 12 heavy (non-hydrogen) atoms. The summed E-state index contributed by atoms with van der Waals surface area (Å²) in [5.41, 5.74) is 4.54. The third-order valence-corrected chi connectivity index (χ3v) is 1.91. The van der Waals surface area contributed by atoms with Crippen molar-refractivity contribution in [1.29, 1.82) is 0 Å². The van der Waals surface area contributed by atoms with Crippen LogP contribution < -0.4 is 11.3 Å². The standard InChI is InChI=1S/C10H9N2/c11-12-10-7-3-5-8-4-1-2-6-9(8)10/h1-7H,11H2. The minimum Gasteiger partial charge on any atom is -0.227 e. The minimum atomic E-state index is 0.841. The molecular formula is C10H9N2. The van der Waals surface area contributed by atoms with Crippen LogP contribution in [-0.4, -0.2) is 0 Å². The fraction of sp³-hybridized carbons (Fsp3) is 0.